The van der Waals surface area contributed by atoms with Crippen LogP contribution in [0.15, 0.2) is 24.4 Å². The second kappa shape index (κ2) is 4.32. The number of aliphatic hydroxyl groups excluding tert-OH is 1. The Hall–Kier alpha value is -1.88. The molecule has 0 aliphatic rings. The fraction of sp³-hybridized carbons (Fsp3) is 0.273. The van der Waals surface area contributed by atoms with Crippen LogP contribution in [-0.2, 0) is 9.53 Å². The highest BCUT2D eigenvalue weighted by molar-refractivity contribution is 5.82. The first kappa shape index (κ1) is 10.6. The normalized spacial score (nSPS) is 12.6. The Morgan fingerprint density at radius 1 is 1.62 bits per heavy atom. The van der Waals surface area contributed by atoms with Crippen LogP contribution in [0.5, 0.6) is 0 Å². The number of benzene rings is 1. The minimum absolute atomic E-state index is 0.252. The summed E-state index contributed by atoms with van der Waals surface area (Å²) in [6, 6.07) is 5.15. The zero-order valence-corrected chi connectivity index (χ0v) is 8.80. The van der Waals surface area contributed by atoms with Gasteiger partial charge in [-0.2, -0.15) is 5.10 Å². The third-order valence-corrected chi connectivity index (χ3v) is 2.29. The van der Waals surface area contributed by atoms with Gasteiger partial charge >= 0.3 is 5.97 Å². The summed E-state index contributed by atoms with van der Waals surface area (Å²) in [6.45, 7) is 1.95. The maximum absolute atomic E-state index is 11.3. The van der Waals surface area contributed by atoms with Gasteiger partial charge in [-0.1, -0.05) is 12.1 Å². The molecule has 0 spiro atoms. The van der Waals surface area contributed by atoms with E-state index in [1.807, 2.05) is 0 Å². The number of nitrogens with zero attached hydrogens (tertiary/aromatic N) is 1. The topological polar surface area (TPSA) is 75.2 Å². The smallest absolute Gasteiger partial charge is 0.339 e. The maximum atomic E-state index is 11.3. The SMILES string of the molecule is CCOC(=O)C(O)c1ccc2cn[nH]c2c1. The summed E-state index contributed by atoms with van der Waals surface area (Å²) in [5.74, 6) is -0.638. The average molecular weight is 220 g/mol. The molecule has 0 aliphatic heterocycles. The van der Waals surface area contributed by atoms with E-state index < -0.39 is 12.1 Å². The first-order valence-corrected chi connectivity index (χ1v) is 5.00. The lowest BCUT2D eigenvalue weighted by atomic mass is 10.1. The maximum Gasteiger partial charge on any atom is 0.339 e. The number of hydrogen-bond acceptors (Lipinski definition) is 4. The summed E-state index contributed by atoms with van der Waals surface area (Å²) in [6.07, 6.45) is 0.434. The predicted molar refractivity (Wildman–Crippen MR) is 57.7 cm³/mol. The number of aliphatic hydroxyl groups is 1. The summed E-state index contributed by atoms with van der Waals surface area (Å²) in [7, 11) is 0. The second-order valence-corrected chi connectivity index (χ2v) is 3.37. The van der Waals surface area contributed by atoms with Gasteiger partial charge in [0, 0.05) is 5.39 Å². The number of fused-ring (bicyclic) bond motifs is 1. The Bertz CT molecular complexity index is 507. The molecule has 0 saturated heterocycles. The molecule has 84 valence electrons. The molecule has 1 unspecified atom stereocenters. The van der Waals surface area contributed by atoms with Crippen LogP contribution in [-0.4, -0.2) is 27.9 Å². The Kier molecular flexibility index (Phi) is 2.87. The van der Waals surface area contributed by atoms with Crippen molar-refractivity contribution in [1.82, 2.24) is 10.2 Å². The molecular weight excluding hydrogens is 208 g/mol. The number of H-pyrrole nitrogens is 1. The van der Waals surface area contributed by atoms with Gasteiger partial charge in [-0.25, -0.2) is 4.79 Å². The average Bonchev–Trinajstić information content (AvgIpc) is 2.75. The van der Waals surface area contributed by atoms with Crippen molar-refractivity contribution in [3.63, 3.8) is 0 Å². The first-order valence-electron chi connectivity index (χ1n) is 5.00. The summed E-state index contributed by atoms with van der Waals surface area (Å²) in [4.78, 5) is 11.3. The Morgan fingerprint density at radius 3 is 3.19 bits per heavy atom. The minimum Gasteiger partial charge on any atom is -0.464 e. The van der Waals surface area contributed by atoms with Crippen molar-refractivity contribution in [2.75, 3.05) is 6.61 Å². The zero-order chi connectivity index (χ0) is 11.5. The Balaban J connectivity index is 2.28. The van der Waals surface area contributed by atoms with Gasteiger partial charge in [0.1, 0.15) is 0 Å². The van der Waals surface area contributed by atoms with Gasteiger partial charge in [0.2, 0.25) is 0 Å². The summed E-state index contributed by atoms with van der Waals surface area (Å²) < 4.78 is 4.74. The highest BCUT2D eigenvalue weighted by Crippen LogP contribution is 2.19. The summed E-state index contributed by atoms with van der Waals surface area (Å²) >= 11 is 0. The number of ether oxygens (including phenoxy) is 1. The van der Waals surface area contributed by atoms with E-state index in [1.165, 1.54) is 0 Å². The molecule has 1 heterocycles. The number of esters is 1. The number of carbonyl (C=O) groups excluding carboxylic acids is 1. The quantitative estimate of drug-likeness (QED) is 0.761. The molecule has 1 atom stereocenters. The van der Waals surface area contributed by atoms with Crippen molar-refractivity contribution < 1.29 is 14.6 Å². The molecule has 0 bridgehead atoms. The van der Waals surface area contributed by atoms with Crippen molar-refractivity contribution in [1.29, 1.82) is 0 Å². The lowest BCUT2D eigenvalue weighted by Gasteiger charge is -2.09. The van der Waals surface area contributed by atoms with Gasteiger partial charge in [0.25, 0.3) is 0 Å². The molecule has 5 heteroatoms. The van der Waals surface area contributed by atoms with Crippen molar-refractivity contribution in [3.8, 4) is 0 Å². The van der Waals surface area contributed by atoms with Crippen LogP contribution in [0.3, 0.4) is 0 Å². The number of aromatic amines is 1. The highest BCUT2D eigenvalue weighted by atomic mass is 16.5. The fourth-order valence-electron chi connectivity index (χ4n) is 1.48. The van der Waals surface area contributed by atoms with Crippen molar-refractivity contribution in [3.05, 3.63) is 30.0 Å². The lowest BCUT2D eigenvalue weighted by molar-refractivity contribution is -0.153. The minimum atomic E-state index is -1.24. The molecule has 16 heavy (non-hydrogen) atoms. The standard InChI is InChI=1S/C11H12N2O3/c1-2-16-11(15)10(14)7-3-4-8-6-12-13-9(8)5-7/h3-6,10,14H,2H2,1H3,(H,12,13). The van der Waals surface area contributed by atoms with E-state index in [4.69, 9.17) is 4.74 Å². The Labute approximate surface area is 92.0 Å². The molecule has 2 N–H and O–H groups in total. The molecule has 2 rings (SSSR count). The van der Waals surface area contributed by atoms with Crippen LogP contribution in [0.4, 0.5) is 0 Å². The van der Waals surface area contributed by atoms with Crippen LogP contribution in [0.25, 0.3) is 10.9 Å². The van der Waals surface area contributed by atoms with Crippen LogP contribution >= 0.6 is 0 Å². The van der Waals surface area contributed by atoms with Crippen molar-refractivity contribution in [2.45, 2.75) is 13.0 Å². The number of rotatable bonds is 3. The van der Waals surface area contributed by atoms with E-state index in [1.54, 1.807) is 31.3 Å². The molecule has 0 aliphatic carbocycles. The van der Waals surface area contributed by atoms with E-state index in [0.29, 0.717) is 5.56 Å². The zero-order valence-electron chi connectivity index (χ0n) is 8.80. The van der Waals surface area contributed by atoms with E-state index in [9.17, 15) is 9.90 Å². The van der Waals surface area contributed by atoms with E-state index >= 15 is 0 Å². The Morgan fingerprint density at radius 2 is 2.44 bits per heavy atom. The highest BCUT2D eigenvalue weighted by Gasteiger charge is 2.18. The predicted octanol–water partition coefficient (Wildman–Crippen LogP) is 1.16. The van der Waals surface area contributed by atoms with Crippen molar-refractivity contribution >= 4 is 16.9 Å². The molecular formula is C11H12N2O3. The number of nitrogens with one attached hydrogen (secondary N) is 1. The lowest BCUT2D eigenvalue weighted by Crippen LogP contribution is -2.15. The second-order valence-electron chi connectivity index (χ2n) is 3.37. The van der Waals surface area contributed by atoms with E-state index in [-0.39, 0.29) is 6.61 Å². The third-order valence-electron chi connectivity index (χ3n) is 2.29. The van der Waals surface area contributed by atoms with E-state index in [0.717, 1.165) is 10.9 Å². The number of carbonyl (C=O) groups is 1. The van der Waals surface area contributed by atoms with Gasteiger partial charge in [-0.15, -0.1) is 0 Å². The molecule has 5 nitrogen and oxygen atoms in total. The fourth-order valence-corrected chi connectivity index (χ4v) is 1.48. The van der Waals surface area contributed by atoms with Crippen molar-refractivity contribution in [2.24, 2.45) is 0 Å². The molecule has 0 fully saturated rings. The monoisotopic (exact) mass is 220 g/mol. The van der Waals surface area contributed by atoms with Gasteiger partial charge in [-0.05, 0) is 18.6 Å². The number of aromatic nitrogens is 2. The van der Waals surface area contributed by atoms with Crippen LogP contribution in [0.1, 0.15) is 18.6 Å². The third kappa shape index (κ3) is 1.90. The van der Waals surface area contributed by atoms with Crippen LogP contribution < -0.4 is 0 Å². The molecule has 1 aromatic carbocycles. The van der Waals surface area contributed by atoms with E-state index in [2.05, 4.69) is 10.2 Å². The van der Waals surface area contributed by atoms with Gasteiger partial charge < -0.3 is 9.84 Å². The molecule has 0 saturated carbocycles. The molecule has 0 amide bonds. The molecule has 1 aromatic heterocycles. The summed E-state index contributed by atoms with van der Waals surface area (Å²) in [5, 5.41) is 17.3. The van der Waals surface area contributed by atoms with Gasteiger partial charge in [0.05, 0.1) is 18.3 Å². The summed E-state index contributed by atoms with van der Waals surface area (Å²) in [5.41, 5.74) is 1.27. The molecule has 2 aromatic rings. The van der Waals surface area contributed by atoms with Crippen LogP contribution in [0.2, 0.25) is 0 Å². The van der Waals surface area contributed by atoms with Crippen LogP contribution in [0, 0.1) is 0 Å². The van der Waals surface area contributed by atoms with Gasteiger partial charge in [-0.3, -0.25) is 5.10 Å². The largest absolute Gasteiger partial charge is 0.464 e. The van der Waals surface area contributed by atoms with Gasteiger partial charge in [0.15, 0.2) is 6.10 Å². The first-order chi connectivity index (χ1) is 7.72. The number of hydrogen-bond donors (Lipinski definition) is 2. The molecule has 0 radical (unpaired) electrons.